The lowest BCUT2D eigenvalue weighted by atomic mass is 10.2. The van der Waals surface area contributed by atoms with Crippen LogP contribution in [-0.4, -0.2) is 31.9 Å². The van der Waals surface area contributed by atoms with Crippen LogP contribution in [0.4, 0.5) is 0 Å². The average molecular weight is 412 g/mol. The Labute approximate surface area is 140 Å². The van der Waals surface area contributed by atoms with Crippen molar-refractivity contribution in [2.24, 2.45) is 0 Å². The largest absolute Gasteiger partial charge is 0.496 e. The molecule has 5 nitrogen and oxygen atoms in total. The van der Waals surface area contributed by atoms with E-state index in [4.69, 9.17) is 16.3 Å². The number of methoxy groups -OCH3 is 1. The maximum atomic E-state index is 12.4. The zero-order valence-corrected chi connectivity index (χ0v) is 15.2. The monoisotopic (exact) mass is 410 g/mol. The Morgan fingerprint density at radius 2 is 2.19 bits per heavy atom. The SMILES string of the molecule is COc1ccc(Br)cc1CN(C)S(=O)(=O)c1cnc(Cl)s1. The Hall–Kier alpha value is -0.670. The molecule has 114 valence electrons. The first-order chi connectivity index (χ1) is 9.84. The molecule has 0 saturated carbocycles. The zero-order valence-electron chi connectivity index (χ0n) is 11.2. The molecule has 0 saturated heterocycles. The molecule has 0 radical (unpaired) electrons. The highest BCUT2D eigenvalue weighted by atomic mass is 79.9. The first kappa shape index (κ1) is 16.7. The number of nitrogens with zero attached hydrogens (tertiary/aromatic N) is 2. The Balaban J connectivity index is 2.29. The third-order valence-corrected chi connectivity index (χ3v) is 6.60. The van der Waals surface area contributed by atoms with E-state index in [-0.39, 0.29) is 15.2 Å². The smallest absolute Gasteiger partial charge is 0.254 e. The van der Waals surface area contributed by atoms with Crippen LogP contribution in [0.25, 0.3) is 0 Å². The van der Waals surface area contributed by atoms with Crippen molar-refractivity contribution in [3.63, 3.8) is 0 Å². The van der Waals surface area contributed by atoms with Gasteiger partial charge in [0.05, 0.1) is 13.3 Å². The summed E-state index contributed by atoms with van der Waals surface area (Å²) in [4.78, 5) is 3.77. The van der Waals surface area contributed by atoms with Gasteiger partial charge in [0, 0.05) is 23.6 Å². The van der Waals surface area contributed by atoms with Gasteiger partial charge in [-0.3, -0.25) is 0 Å². The maximum absolute atomic E-state index is 12.4. The van der Waals surface area contributed by atoms with Crippen molar-refractivity contribution in [3.8, 4) is 5.75 Å². The number of benzene rings is 1. The number of aromatic nitrogens is 1. The first-order valence-corrected chi connectivity index (χ1v) is 9.17. The van der Waals surface area contributed by atoms with Crippen LogP contribution in [0.3, 0.4) is 0 Å². The third-order valence-electron chi connectivity index (χ3n) is 2.76. The predicted octanol–water partition coefficient (Wildman–Crippen LogP) is 3.39. The maximum Gasteiger partial charge on any atom is 0.254 e. The number of hydrogen-bond donors (Lipinski definition) is 0. The van der Waals surface area contributed by atoms with Gasteiger partial charge in [-0.2, -0.15) is 4.31 Å². The Kier molecular flexibility index (Phi) is 5.26. The van der Waals surface area contributed by atoms with Gasteiger partial charge in [0.15, 0.2) is 8.68 Å². The van der Waals surface area contributed by atoms with Crippen LogP contribution in [0.5, 0.6) is 5.75 Å². The van der Waals surface area contributed by atoms with Gasteiger partial charge in [0.1, 0.15) is 5.75 Å². The fraction of sp³-hybridized carbons (Fsp3) is 0.250. The van der Waals surface area contributed by atoms with E-state index >= 15 is 0 Å². The summed E-state index contributed by atoms with van der Waals surface area (Å²) < 4.78 is 32.5. The van der Waals surface area contributed by atoms with E-state index < -0.39 is 10.0 Å². The van der Waals surface area contributed by atoms with Gasteiger partial charge in [-0.25, -0.2) is 13.4 Å². The van der Waals surface area contributed by atoms with E-state index in [1.165, 1.54) is 17.5 Å². The highest BCUT2D eigenvalue weighted by Crippen LogP contribution is 2.28. The Bertz CT molecular complexity index is 749. The minimum Gasteiger partial charge on any atom is -0.496 e. The van der Waals surface area contributed by atoms with Crippen molar-refractivity contribution < 1.29 is 13.2 Å². The second kappa shape index (κ2) is 6.62. The summed E-state index contributed by atoms with van der Waals surface area (Å²) >= 11 is 9.99. The number of halogens is 2. The molecule has 0 aliphatic carbocycles. The Morgan fingerprint density at radius 1 is 1.48 bits per heavy atom. The highest BCUT2D eigenvalue weighted by Gasteiger charge is 2.24. The standard InChI is InChI=1S/C12H12BrClN2O3S2/c1-16(21(17,18)11-6-15-12(14)20-11)7-8-5-9(13)3-4-10(8)19-2/h3-6H,7H2,1-2H3. The van der Waals surface area contributed by atoms with Gasteiger partial charge in [-0.15, -0.1) is 0 Å². The summed E-state index contributed by atoms with van der Waals surface area (Å²) in [5.74, 6) is 0.627. The van der Waals surface area contributed by atoms with Crippen LogP contribution < -0.4 is 4.74 Å². The van der Waals surface area contributed by atoms with Crippen molar-refractivity contribution in [3.05, 3.63) is 38.9 Å². The molecule has 0 fully saturated rings. The molecule has 0 N–H and O–H groups in total. The third kappa shape index (κ3) is 3.75. The topological polar surface area (TPSA) is 59.5 Å². The summed E-state index contributed by atoms with van der Waals surface area (Å²) in [7, 11) is -0.571. The summed E-state index contributed by atoms with van der Waals surface area (Å²) in [6, 6.07) is 5.44. The van der Waals surface area contributed by atoms with Gasteiger partial charge in [0.2, 0.25) is 0 Å². The van der Waals surface area contributed by atoms with E-state index in [2.05, 4.69) is 20.9 Å². The van der Waals surface area contributed by atoms with Crippen LogP contribution in [0.1, 0.15) is 5.56 Å². The lowest BCUT2D eigenvalue weighted by molar-refractivity contribution is 0.398. The van der Waals surface area contributed by atoms with Crippen LogP contribution in [0.15, 0.2) is 33.1 Å². The van der Waals surface area contributed by atoms with E-state index in [1.54, 1.807) is 13.2 Å². The molecule has 0 aliphatic rings. The molecule has 0 aliphatic heterocycles. The van der Waals surface area contributed by atoms with Gasteiger partial charge >= 0.3 is 0 Å². The molecule has 1 aromatic heterocycles. The second-order valence-electron chi connectivity index (χ2n) is 4.15. The summed E-state index contributed by atoms with van der Waals surface area (Å²) in [5, 5.41) is 0. The molecule has 2 aromatic rings. The molecule has 0 spiro atoms. The molecular weight excluding hydrogens is 400 g/mol. The summed E-state index contributed by atoms with van der Waals surface area (Å²) in [6.07, 6.45) is 1.26. The first-order valence-electron chi connectivity index (χ1n) is 5.74. The van der Waals surface area contributed by atoms with E-state index in [9.17, 15) is 8.42 Å². The lowest BCUT2D eigenvalue weighted by Gasteiger charge is -2.17. The molecule has 1 aromatic carbocycles. The fourth-order valence-electron chi connectivity index (χ4n) is 1.71. The fourth-order valence-corrected chi connectivity index (χ4v) is 4.77. The average Bonchev–Trinajstić information content (AvgIpc) is 2.86. The van der Waals surface area contributed by atoms with Gasteiger partial charge < -0.3 is 4.74 Å². The molecular formula is C12H12BrClN2O3S2. The number of hydrogen-bond acceptors (Lipinski definition) is 5. The van der Waals surface area contributed by atoms with Crippen molar-refractivity contribution >= 4 is 48.9 Å². The number of thiazole rings is 1. The second-order valence-corrected chi connectivity index (χ2v) is 8.95. The van der Waals surface area contributed by atoms with E-state index in [0.717, 1.165) is 21.4 Å². The molecule has 0 unspecified atom stereocenters. The number of rotatable bonds is 5. The quantitative estimate of drug-likeness (QED) is 0.757. The zero-order chi connectivity index (χ0) is 15.6. The minimum atomic E-state index is -3.62. The van der Waals surface area contributed by atoms with Crippen molar-refractivity contribution in [1.29, 1.82) is 0 Å². The molecule has 9 heteroatoms. The number of sulfonamides is 1. The molecule has 21 heavy (non-hydrogen) atoms. The number of ether oxygens (including phenoxy) is 1. The summed E-state index contributed by atoms with van der Waals surface area (Å²) in [5.41, 5.74) is 0.758. The van der Waals surface area contributed by atoms with Crippen molar-refractivity contribution in [2.45, 2.75) is 10.8 Å². The van der Waals surface area contributed by atoms with Crippen LogP contribution in [0, 0.1) is 0 Å². The molecule has 0 amide bonds. The van der Waals surface area contributed by atoms with E-state index in [0.29, 0.717) is 5.75 Å². The lowest BCUT2D eigenvalue weighted by Crippen LogP contribution is -2.26. The van der Waals surface area contributed by atoms with Gasteiger partial charge in [-0.05, 0) is 18.2 Å². The normalized spacial score (nSPS) is 11.9. The van der Waals surface area contributed by atoms with Crippen LogP contribution >= 0.6 is 38.9 Å². The molecule has 2 rings (SSSR count). The van der Waals surface area contributed by atoms with Crippen molar-refractivity contribution in [2.75, 3.05) is 14.2 Å². The molecule has 1 heterocycles. The van der Waals surface area contributed by atoms with Gasteiger partial charge in [-0.1, -0.05) is 38.9 Å². The predicted molar refractivity (Wildman–Crippen MR) is 86.5 cm³/mol. The highest BCUT2D eigenvalue weighted by molar-refractivity contribution is 9.10. The Morgan fingerprint density at radius 3 is 2.76 bits per heavy atom. The molecule has 0 bridgehead atoms. The molecule has 0 atom stereocenters. The van der Waals surface area contributed by atoms with Crippen LogP contribution in [0.2, 0.25) is 4.47 Å². The minimum absolute atomic E-state index is 0.115. The van der Waals surface area contributed by atoms with E-state index in [1.807, 2.05) is 12.1 Å². The van der Waals surface area contributed by atoms with Gasteiger partial charge in [0.25, 0.3) is 10.0 Å². The van der Waals surface area contributed by atoms with Crippen molar-refractivity contribution in [1.82, 2.24) is 9.29 Å². The van der Waals surface area contributed by atoms with Crippen LogP contribution in [-0.2, 0) is 16.6 Å². The summed E-state index contributed by atoms with van der Waals surface area (Å²) in [6.45, 7) is 0.181.